The van der Waals surface area contributed by atoms with E-state index >= 15 is 0 Å². The first-order valence-electron chi connectivity index (χ1n) is 8.98. The van der Waals surface area contributed by atoms with Gasteiger partial charge in [0.2, 0.25) is 15.9 Å². The van der Waals surface area contributed by atoms with Crippen LogP contribution >= 0.6 is 11.8 Å². The maximum Gasteiger partial charge on any atom is 0.244 e. The van der Waals surface area contributed by atoms with Crippen molar-refractivity contribution in [3.05, 3.63) is 18.3 Å². The van der Waals surface area contributed by atoms with Crippen molar-refractivity contribution in [1.29, 1.82) is 0 Å². The number of sulfonamides is 1. The van der Waals surface area contributed by atoms with Crippen LogP contribution in [0.5, 0.6) is 0 Å². The average Bonchev–Trinajstić information content (AvgIpc) is 3.16. The number of pyridine rings is 1. The van der Waals surface area contributed by atoms with Gasteiger partial charge in [-0.3, -0.25) is 4.79 Å². The first-order chi connectivity index (χ1) is 12.5. The minimum atomic E-state index is -3.54. The van der Waals surface area contributed by atoms with Gasteiger partial charge in [-0.2, -0.15) is 4.31 Å². The Kier molecular flexibility index (Phi) is 6.55. The molecule has 3 rings (SSSR count). The molecule has 1 atom stereocenters. The van der Waals surface area contributed by atoms with Crippen LogP contribution in [-0.4, -0.2) is 61.2 Å². The van der Waals surface area contributed by atoms with E-state index in [1.54, 1.807) is 12.1 Å². The quantitative estimate of drug-likeness (QED) is 0.732. The summed E-state index contributed by atoms with van der Waals surface area (Å²) in [6, 6.07) is 3.51. The number of hydrogen-bond donors (Lipinski definition) is 1. The van der Waals surface area contributed by atoms with Crippen LogP contribution in [0.3, 0.4) is 0 Å². The van der Waals surface area contributed by atoms with Crippen molar-refractivity contribution in [1.82, 2.24) is 14.6 Å². The first-order valence-corrected chi connectivity index (χ1v) is 11.3. The third-order valence-electron chi connectivity index (χ3n) is 4.69. The van der Waals surface area contributed by atoms with Crippen molar-refractivity contribution in [2.75, 3.05) is 26.3 Å². The van der Waals surface area contributed by atoms with Gasteiger partial charge in [-0.1, -0.05) is 24.6 Å². The van der Waals surface area contributed by atoms with Gasteiger partial charge in [-0.15, -0.1) is 0 Å². The second-order valence-corrected chi connectivity index (χ2v) is 9.90. The molecule has 1 aliphatic heterocycles. The predicted molar refractivity (Wildman–Crippen MR) is 99.5 cm³/mol. The van der Waals surface area contributed by atoms with Crippen molar-refractivity contribution < 1.29 is 17.9 Å². The molecular weight excluding hydrogens is 374 g/mol. The maximum absolute atomic E-state index is 12.6. The van der Waals surface area contributed by atoms with E-state index in [1.165, 1.54) is 35.1 Å². The molecule has 1 N–H and O–H groups in total. The summed E-state index contributed by atoms with van der Waals surface area (Å²) in [5.41, 5.74) is 0. The molecule has 7 nitrogen and oxygen atoms in total. The Morgan fingerprint density at radius 3 is 2.62 bits per heavy atom. The zero-order valence-corrected chi connectivity index (χ0v) is 16.5. The number of nitrogens with zero attached hydrogens (tertiary/aromatic N) is 2. The molecule has 1 unspecified atom stereocenters. The smallest absolute Gasteiger partial charge is 0.244 e. The van der Waals surface area contributed by atoms with Gasteiger partial charge in [0, 0.05) is 25.3 Å². The molecule has 1 saturated carbocycles. The molecule has 1 saturated heterocycles. The highest BCUT2D eigenvalue weighted by atomic mass is 32.2. The summed E-state index contributed by atoms with van der Waals surface area (Å²) in [5, 5.41) is 3.44. The van der Waals surface area contributed by atoms with Crippen molar-refractivity contribution in [3.63, 3.8) is 0 Å². The van der Waals surface area contributed by atoms with Crippen LogP contribution in [0, 0.1) is 0 Å². The third-order valence-corrected chi connectivity index (χ3v) is 7.62. The Bertz CT molecular complexity index is 712. The number of carbonyl (C=O) groups excluding carboxylic acids is 1. The normalized spacial score (nSPS) is 20.8. The van der Waals surface area contributed by atoms with E-state index in [4.69, 9.17) is 4.74 Å². The number of hydrogen-bond acceptors (Lipinski definition) is 6. The Hall–Kier alpha value is -1.16. The minimum Gasteiger partial charge on any atom is -0.379 e. The summed E-state index contributed by atoms with van der Waals surface area (Å²) in [6.45, 7) is 3.38. The topological polar surface area (TPSA) is 88.6 Å². The Labute approximate surface area is 158 Å². The van der Waals surface area contributed by atoms with Gasteiger partial charge < -0.3 is 10.1 Å². The lowest BCUT2D eigenvalue weighted by Gasteiger charge is -2.25. The average molecular weight is 400 g/mol. The molecular formula is C17H25N3O4S2. The van der Waals surface area contributed by atoms with Crippen LogP contribution in [0.25, 0.3) is 0 Å². The molecule has 2 heterocycles. The molecule has 2 fully saturated rings. The Morgan fingerprint density at radius 2 is 2.00 bits per heavy atom. The lowest BCUT2D eigenvalue weighted by atomic mass is 10.2. The first kappa shape index (κ1) is 19.6. The second kappa shape index (κ2) is 8.69. The number of aromatic nitrogens is 1. The van der Waals surface area contributed by atoms with Gasteiger partial charge in [0.25, 0.3) is 0 Å². The number of rotatable bonds is 6. The fraction of sp³-hybridized carbons (Fsp3) is 0.647. The molecule has 0 bridgehead atoms. The summed E-state index contributed by atoms with van der Waals surface area (Å²) < 4.78 is 31.8. The van der Waals surface area contributed by atoms with Crippen molar-refractivity contribution >= 4 is 27.7 Å². The van der Waals surface area contributed by atoms with E-state index in [9.17, 15) is 13.2 Å². The molecule has 1 aromatic heterocycles. The molecule has 1 aliphatic carbocycles. The SMILES string of the molecule is CC(Sc1ccc(S(=O)(=O)N2CCOCC2)cn1)C(=O)NC1CCCC1. The minimum absolute atomic E-state index is 0.00807. The highest BCUT2D eigenvalue weighted by Gasteiger charge is 2.27. The lowest BCUT2D eigenvalue weighted by Crippen LogP contribution is -2.40. The van der Waals surface area contributed by atoms with Crippen LogP contribution in [0.2, 0.25) is 0 Å². The largest absolute Gasteiger partial charge is 0.379 e. The molecule has 9 heteroatoms. The van der Waals surface area contributed by atoms with Gasteiger partial charge in [0.1, 0.15) is 4.90 Å². The number of amides is 1. The Balaban J connectivity index is 1.59. The lowest BCUT2D eigenvalue weighted by molar-refractivity contribution is -0.120. The van der Waals surface area contributed by atoms with Crippen LogP contribution in [0.15, 0.2) is 28.3 Å². The number of carbonyl (C=O) groups is 1. The van der Waals surface area contributed by atoms with Crippen LogP contribution in [-0.2, 0) is 19.6 Å². The monoisotopic (exact) mass is 399 g/mol. The number of ether oxygens (including phenoxy) is 1. The molecule has 144 valence electrons. The predicted octanol–water partition coefficient (Wildman–Crippen LogP) is 1.64. The van der Waals surface area contributed by atoms with Gasteiger partial charge in [-0.05, 0) is 31.9 Å². The second-order valence-electron chi connectivity index (χ2n) is 6.60. The molecule has 1 aromatic rings. The summed E-state index contributed by atoms with van der Waals surface area (Å²) in [4.78, 5) is 16.7. The number of morpholine rings is 1. The molecule has 1 amide bonds. The van der Waals surface area contributed by atoms with Crippen LogP contribution in [0.4, 0.5) is 0 Å². The fourth-order valence-electron chi connectivity index (χ4n) is 3.15. The summed E-state index contributed by atoms with van der Waals surface area (Å²) >= 11 is 1.34. The number of thioether (sulfide) groups is 1. The van der Waals surface area contributed by atoms with Crippen LogP contribution in [0.1, 0.15) is 32.6 Å². The summed E-state index contributed by atoms with van der Waals surface area (Å²) in [7, 11) is -3.54. The van der Waals surface area contributed by atoms with E-state index in [-0.39, 0.29) is 16.1 Å². The van der Waals surface area contributed by atoms with Gasteiger partial charge in [-0.25, -0.2) is 13.4 Å². The van der Waals surface area contributed by atoms with E-state index < -0.39 is 10.0 Å². The highest BCUT2D eigenvalue weighted by molar-refractivity contribution is 8.00. The molecule has 2 aliphatic rings. The van der Waals surface area contributed by atoms with E-state index in [0.29, 0.717) is 37.4 Å². The fourth-order valence-corrected chi connectivity index (χ4v) is 5.30. The van der Waals surface area contributed by atoms with Crippen molar-refractivity contribution in [2.24, 2.45) is 0 Å². The maximum atomic E-state index is 12.6. The van der Waals surface area contributed by atoms with Crippen molar-refractivity contribution in [3.8, 4) is 0 Å². The zero-order valence-electron chi connectivity index (χ0n) is 14.9. The molecule has 0 spiro atoms. The summed E-state index contributed by atoms with van der Waals surface area (Å²) in [5.74, 6) is 0.00807. The summed E-state index contributed by atoms with van der Waals surface area (Å²) in [6.07, 6.45) is 5.82. The number of nitrogens with one attached hydrogen (secondary N) is 1. The van der Waals surface area contributed by atoms with Gasteiger partial charge in [0.05, 0.1) is 23.5 Å². The standard InChI is InChI=1S/C17H25N3O4S2/c1-13(17(21)19-14-4-2-3-5-14)25-16-7-6-15(12-18-16)26(22,23)20-8-10-24-11-9-20/h6-7,12-14H,2-5,8-11H2,1H3,(H,19,21). The molecule has 26 heavy (non-hydrogen) atoms. The highest BCUT2D eigenvalue weighted by Crippen LogP contribution is 2.25. The Morgan fingerprint density at radius 1 is 1.31 bits per heavy atom. The zero-order chi connectivity index (χ0) is 18.6. The van der Waals surface area contributed by atoms with E-state index in [0.717, 1.165) is 12.8 Å². The molecule has 0 aromatic carbocycles. The van der Waals surface area contributed by atoms with Gasteiger partial charge >= 0.3 is 0 Å². The van der Waals surface area contributed by atoms with Crippen LogP contribution < -0.4 is 5.32 Å². The van der Waals surface area contributed by atoms with E-state index in [1.807, 2.05) is 6.92 Å². The van der Waals surface area contributed by atoms with E-state index in [2.05, 4.69) is 10.3 Å². The van der Waals surface area contributed by atoms with Gasteiger partial charge in [0.15, 0.2) is 0 Å². The molecule has 0 radical (unpaired) electrons. The van der Waals surface area contributed by atoms with Crippen molar-refractivity contribution in [2.45, 2.75) is 53.8 Å². The third kappa shape index (κ3) is 4.76.